The lowest BCUT2D eigenvalue weighted by atomic mass is 10.0. The van der Waals surface area contributed by atoms with Crippen molar-refractivity contribution in [3.05, 3.63) is 63.3 Å². The number of thiophene rings is 1. The van der Waals surface area contributed by atoms with Gasteiger partial charge in [0.1, 0.15) is 16.3 Å². The third kappa shape index (κ3) is 4.96. The number of amides is 1. The molecule has 8 nitrogen and oxygen atoms in total. The van der Waals surface area contributed by atoms with Gasteiger partial charge in [0.25, 0.3) is 0 Å². The van der Waals surface area contributed by atoms with E-state index in [9.17, 15) is 22.8 Å². The van der Waals surface area contributed by atoms with Gasteiger partial charge in [0, 0.05) is 48.2 Å². The second kappa shape index (κ2) is 9.58. The third-order valence-electron chi connectivity index (χ3n) is 6.45. The van der Waals surface area contributed by atoms with Crippen molar-refractivity contribution in [2.24, 2.45) is 0 Å². The molecule has 0 unspecified atom stereocenters. The highest BCUT2D eigenvalue weighted by Crippen LogP contribution is 2.36. The molecule has 3 aromatic rings. The lowest BCUT2D eigenvalue weighted by Gasteiger charge is -2.31. The average molecular weight is 521 g/mol. The van der Waals surface area contributed by atoms with E-state index in [-0.39, 0.29) is 19.0 Å². The lowest BCUT2D eigenvalue weighted by molar-refractivity contribution is -0.134. The van der Waals surface area contributed by atoms with Gasteiger partial charge < -0.3 is 19.3 Å². The molecule has 0 atom stereocenters. The maximum absolute atomic E-state index is 13.1. The van der Waals surface area contributed by atoms with E-state index < -0.39 is 17.2 Å². The van der Waals surface area contributed by atoms with Crippen LogP contribution in [0.15, 0.2) is 42.3 Å². The van der Waals surface area contributed by atoms with Crippen LogP contribution in [0.3, 0.4) is 0 Å². The molecule has 12 heteroatoms. The summed E-state index contributed by atoms with van der Waals surface area (Å²) in [7, 11) is 0. The van der Waals surface area contributed by atoms with Crippen LogP contribution in [0.1, 0.15) is 27.4 Å². The fraction of sp³-hybridized carbons (Fsp3) is 0.375. The Balaban J connectivity index is 1.34. The monoisotopic (exact) mass is 520 g/mol. The summed E-state index contributed by atoms with van der Waals surface area (Å²) in [5.41, 5.74) is 2.66. The first kappa shape index (κ1) is 24.3. The summed E-state index contributed by atoms with van der Waals surface area (Å²) < 4.78 is 46.0. The van der Waals surface area contributed by atoms with E-state index in [0.717, 1.165) is 34.0 Å². The fourth-order valence-electron chi connectivity index (χ4n) is 4.75. The molecule has 1 amide bonds. The summed E-state index contributed by atoms with van der Waals surface area (Å²) in [4.78, 5) is 31.9. The zero-order valence-corrected chi connectivity index (χ0v) is 19.9. The van der Waals surface area contributed by atoms with Gasteiger partial charge in [0.05, 0.1) is 19.6 Å². The highest BCUT2D eigenvalue weighted by atomic mass is 32.1. The number of hydrogen-bond donors (Lipinski definition) is 1. The van der Waals surface area contributed by atoms with Crippen molar-refractivity contribution in [3.8, 4) is 0 Å². The summed E-state index contributed by atoms with van der Waals surface area (Å²) >= 11 is 0.718. The van der Waals surface area contributed by atoms with Crippen LogP contribution in [-0.4, -0.2) is 62.7 Å². The predicted octanol–water partition coefficient (Wildman–Crippen LogP) is 4.33. The smallest absolute Gasteiger partial charge is 0.449 e. The number of carbonyl (C=O) groups is 2. The molecule has 0 spiro atoms. The Bertz CT molecular complexity index is 1350. The maximum Gasteiger partial charge on any atom is 0.511 e. The number of aromatic nitrogens is 2. The number of carboxylic acid groups (broad SMARTS) is 1. The minimum Gasteiger partial charge on any atom is -0.449 e. The van der Waals surface area contributed by atoms with E-state index >= 15 is 0 Å². The van der Waals surface area contributed by atoms with Gasteiger partial charge in [-0.3, -0.25) is 9.69 Å². The maximum atomic E-state index is 13.1. The normalized spacial score (nSPS) is 16.6. The predicted molar refractivity (Wildman–Crippen MR) is 126 cm³/mol. The van der Waals surface area contributed by atoms with Crippen molar-refractivity contribution in [1.29, 1.82) is 0 Å². The van der Waals surface area contributed by atoms with E-state index in [1.54, 1.807) is 17.2 Å². The van der Waals surface area contributed by atoms with Crippen LogP contribution in [0.4, 0.5) is 18.0 Å². The second-order valence-corrected chi connectivity index (χ2v) is 9.91. The molecule has 0 aromatic carbocycles. The number of halogens is 3. The number of alkyl halides is 3. The summed E-state index contributed by atoms with van der Waals surface area (Å²) in [6.07, 6.45) is -1.37. The molecule has 0 saturated heterocycles. The Morgan fingerprint density at radius 2 is 2.00 bits per heavy atom. The van der Waals surface area contributed by atoms with Gasteiger partial charge in [-0.2, -0.15) is 13.2 Å². The summed E-state index contributed by atoms with van der Waals surface area (Å²) in [6.45, 7) is 2.23. The van der Waals surface area contributed by atoms with Crippen LogP contribution >= 0.6 is 11.3 Å². The van der Waals surface area contributed by atoms with Gasteiger partial charge >= 0.3 is 12.3 Å². The second-order valence-electron chi connectivity index (χ2n) is 8.74. The Morgan fingerprint density at radius 3 is 2.69 bits per heavy atom. The Labute approximate surface area is 208 Å². The topological polar surface area (TPSA) is 87.9 Å². The zero-order valence-electron chi connectivity index (χ0n) is 19.1. The Hall–Kier alpha value is -3.38. The third-order valence-corrected chi connectivity index (χ3v) is 7.57. The van der Waals surface area contributed by atoms with E-state index in [1.165, 1.54) is 6.07 Å². The van der Waals surface area contributed by atoms with Crippen molar-refractivity contribution >= 4 is 34.4 Å². The highest BCUT2D eigenvalue weighted by molar-refractivity contribution is 7.12. The molecule has 5 heterocycles. The van der Waals surface area contributed by atoms with Crippen molar-refractivity contribution in [1.82, 2.24) is 19.4 Å². The van der Waals surface area contributed by atoms with Gasteiger partial charge in [-0.15, -0.1) is 11.3 Å². The highest BCUT2D eigenvalue weighted by Gasteiger charge is 2.33. The molecule has 36 heavy (non-hydrogen) atoms. The van der Waals surface area contributed by atoms with Gasteiger partial charge in [-0.1, -0.05) is 0 Å². The fourth-order valence-corrected chi connectivity index (χ4v) is 5.61. The summed E-state index contributed by atoms with van der Waals surface area (Å²) in [5, 5.41) is 9.70. The molecular weight excluding hydrogens is 497 g/mol. The van der Waals surface area contributed by atoms with E-state index in [1.807, 2.05) is 21.6 Å². The van der Waals surface area contributed by atoms with Crippen molar-refractivity contribution in [2.75, 3.05) is 26.2 Å². The molecule has 0 radical (unpaired) electrons. The number of fused-ring (bicyclic) bond motifs is 3. The average Bonchev–Trinajstić information content (AvgIpc) is 3.44. The van der Waals surface area contributed by atoms with Crippen molar-refractivity contribution in [2.45, 2.75) is 32.1 Å². The van der Waals surface area contributed by atoms with Crippen LogP contribution in [0.25, 0.3) is 11.0 Å². The number of pyridine rings is 1. The van der Waals surface area contributed by atoms with Gasteiger partial charge in [-0.05, 0) is 42.3 Å². The first-order valence-electron chi connectivity index (χ1n) is 11.4. The van der Waals surface area contributed by atoms with Crippen LogP contribution in [-0.2, 0) is 35.2 Å². The van der Waals surface area contributed by atoms with Crippen LogP contribution in [0, 0.1) is 0 Å². The van der Waals surface area contributed by atoms with Crippen LogP contribution in [0.5, 0.6) is 0 Å². The lowest BCUT2D eigenvalue weighted by Crippen LogP contribution is -2.44. The molecule has 5 rings (SSSR count). The minimum atomic E-state index is -4.38. The first-order chi connectivity index (χ1) is 17.2. The minimum absolute atomic E-state index is 0.0584. The molecule has 0 saturated carbocycles. The SMILES string of the molecule is O=C(O)OC1=CCN(CC(=O)N2CCc3c(n(Cc4ccc(C(F)(F)F)s4)c4ncccc34)C2)CC1. The van der Waals surface area contributed by atoms with Crippen LogP contribution < -0.4 is 0 Å². The molecule has 0 fully saturated rings. The Kier molecular flexibility index (Phi) is 6.47. The molecule has 3 aromatic heterocycles. The van der Waals surface area contributed by atoms with E-state index in [0.29, 0.717) is 55.3 Å². The largest absolute Gasteiger partial charge is 0.511 e. The number of hydrogen-bond acceptors (Lipinski definition) is 6. The molecule has 190 valence electrons. The quantitative estimate of drug-likeness (QED) is 0.504. The summed E-state index contributed by atoms with van der Waals surface area (Å²) in [6, 6.07) is 6.39. The number of rotatable bonds is 5. The van der Waals surface area contributed by atoms with E-state index in [2.05, 4.69) is 4.98 Å². The Morgan fingerprint density at radius 1 is 1.17 bits per heavy atom. The molecule has 0 aliphatic carbocycles. The molecule has 0 bridgehead atoms. The first-order valence-corrected chi connectivity index (χ1v) is 12.2. The van der Waals surface area contributed by atoms with Gasteiger partial charge in [0.15, 0.2) is 0 Å². The van der Waals surface area contributed by atoms with Crippen LogP contribution in [0.2, 0.25) is 0 Å². The van der Waals surface area contributed by atoms with Crippen molar-refractivity contribution in [3.63, 3.8) is 0 Å². The number of nitrogens with zero attached hydrogens (tertiary/aromatic N) is 4. The number of carbonyl (C=O) groups excluding carboxylic acids is 1. The standard InChI is InChI=1S/C24H23F3N4O4S/c25-24(26,27)20-4-3-16(36-20)12-31-19-13-30(11-7-17(19)18-2-1-8-28-22(18)31)21(32)14-29-9-5-15(6-10-29)35-23(33)34/h1-5,8H,6-7,9-14H2,(H,33,34). The number of ether oxygens (including phenoxy) is 1. The molecule has 2 aliphatic rings. The summed E-state index contributed by atoms with van der Waals surface area (Å²) in [5.74, 6) is 0.324. The molecular formula is C24H23F3N4O4S. The zero-order chi connectivity index (χ0) is 25.4. The molecule has 2 aliphatic heterocycles. The molecule has 1 N–H and O–H groups in total. The van der Waals surface area contributed by atoms with Crippen molar-refractivity contribution < 1.29 is 32.6 Å². The van der Waals surface area contributed by atoms with Gasteiger partial charge in [0.2, 0.25) is 5.91 Å². The van der Waals surface area contributed by atoms with Gasteiger partial charge in [-0.25, -0.2) is 9.78 Å². The van der Waals surface area contributed by atoms with E-state index in [4.69, 9.17) is 9.84 Å².